The predicted molar refractivity (Wildman–Crippen MR) is 42.3 cm³/mol. The number of halogens is 3. The van der Waals surface area contributed by atoms with Crippen LogP contribution in [0.4, 0.5) is 13.2 Å². The van der Waals surface area contributed by atoms with Crippen LogP contribution in [0.15, 0.2) is 12.1 Å². The van der Waals surface area contributed by atoms with Gasteiger partial charge in [-0.3, -0.25) is 0 Å². The standard InChI is InChI=1S/C8H9F3N2/c9-4-1-2-5(10)8(11)7(4)6(13)3-12/h1-2,6H,3,12-13H2. The molecule has 0 spiro atoms. The summed E-state index contributed by atoms with van der Waals surface area (Å²) in [5.41, 5.74) is 9.91. The van der Waals surface area contributed by atoms with Crippen molar-refractivity contribution in [1.29, 1.82) is 0 Å². The fraction of sp³-hybridized carbons (Fsp3) is 0.250. The second-order valence-electron chi connectivity index (χ2n) is 2.60. The molecular formula is C8H9F3N2. The molecule has 0 saturated carbocycles. The van der Waals surface area contributed by atoms with Crippen LogP contribution in [0.25, 0.3) is 0 Å². The van der Waals surface area contributed by atoms with Gasteiger partial charge in [0.1, 0.15) is 5.82 Å². The molecule has 4 N–H and O–H groups in total. The first kappa shape index (κ1) is 10.0. The normalized spacial score (nSPS) is 13.0. The van der Waals surface area contributed by atoms with Crippen LogP contribution in [0.5, 0.6) is 0 Å². The Morgan fingerprint density at radius 3 is 2.23 bits per heavy atom. The first-order valence-electron chi connectivity index (χ1n) is 3.67. The van der Waals surface area contributed by atoms with Crippen LogP contribution >= 0.6 is 0 Å². The van der Waals surface area contributed by atoms with Crippen molar-refractivity contribution in [2.45, 2.75) is 6.04 Å². The van der Waals surface area contributed by atoms with Crippen LogP contribution in [-0.4, -0.2) is 6.54 Å². The van der Waals surface area contributed by atoms with E-state index in [1.165, 1.54) is 0 Å². The van der Waals surface area contributed by atoms with E-state index in [1.807, 2.05) is 0 Å². The molecule has 0 saturated heterocycles. The van der Waals surface area contributed by atoms with Gasteiger partial charge in [0, 0.05) is 18.2 Å². The monoisotopic (exact) mass is 190 g/mol. The van der Waals surface area contributed by atoms with Crippen molar-refractivity contribution in [1.82, 2.24) is 0 Å². The smallest absolute Gasteiger partial charge is 0.166 e. The van der Waals surface area contributed by atoms with Crippen LogP contribution in [0, 0.1) is 17.5 Å². The molecule has 0 aliphatic rings. The second kappa shape index (κ2) is 3.76. The minimum absolute atomic E-state index is 0.142. The number of rotatable bonds is 2. The Balaban J connectivity index is 3.25. The molecule has 0 aromatic heterocycles. The summed E-state index contributed by atoms with van der Waals surface area (Å²) in [6.07, 6.45) is 0. The summed E-state index contributed by atoms with van der Waals surface area (Å²) in [7, 11) is 0. The highest BCUT2D eigenvalue weighted by Crippen LogP contribution is 2.20. The van der Waals surface area contributed by atoms with Crippen LogP contribution in [0.1, 0.15) is 11.6 Å². The van der Waals surface area contributed by atoms with Gasteiger partial charge >= 0.3 is 0 Å². The second-order valence-corrected chi connectivity index (χ2v) is 2.60. The average molecular weight is 190 g/mol. The van der Waals surface area contributed by atoms with Gasteiger partial charge in [-0.25, -0.2) is 13.2 Å². The lowest BCUT2D eigenvalue weighted by molar-refractivity contribution is 0.466. The summed E-state index contributed by atoms with van der Waals surface area (Å²) < 4.78 is 38.5. The van der Waals surface area contributed by atoms with Gasteiger partial charge in [0.25, 0.3) is 0 Å². The van der Waals surface area contributed by atoms with Gasteiger partial charge in [-0.05, 0) is 12.1 Å². The molecule has 1 aromatic rings. The zero-order valence-electron chi connectivity index (χ0n) is 6.73. The third-order valence-electron chi connectivity index (χ3n) is 1.70. The molecule has 72 valence electrons. The van der Waals surface area contributed by atoms with E-state index in [4.69, 9.17) is 11.5 Å². The Kier molecular flexibility index (Phi) is 2.90. The lowest BCUT2D eigenvalue weighted by atomic mass is 10.1. The maximum Gasteiger partial charge on any atom is 0.166 e. The summed E-state index contributed by atoms with van der Waals surface area (Å²) in [4.78, 5) is 0. The summed E-state index contributed by atoms with van der Waals surface area (Å²) in [5, 5.41) is 0. The maximum absolute atomic E-state index is 12.9. The van der Waals surface area contributed by atoms with Crippen LogP contribution in [-0.2, 0) is 0 Å². The van der Waals surface area contributed by atoms with Gasteiger partial charge in [0.15, 0.2) is 11.6 Å². The van der Waals surface area contributed by atoms with Crippen LogP contribution < -0.4 is 11.5 Å². The van der Waals surface area contributed by atoms with E-state index < -0.39 is 29.1 Å². The molecule has 0 aliphatic carbocycles. The summed E-state index contributed by atoms with van der Waals surface area (Å²) in [6.45, 7) is -0.142. The molecule has 1 unspecified atom stereocenters. The van der Waals surface area contributed by atoms with E-state index in [2.05, 4.69) is 0 Å². The zero-order valence-corrected chi connectivity index (χ0v) is 6.73. The Labute approximate surface area is 73.3 Å². The molecule has 5 heteroatoms. The summed E-state index contributed by atoms with van der Waals surface area (Å²) >= 11 is 0. The first-order chi connectivity index (χ1) is 6.07. The molecule has 0 aliphatic heterocycles. The van der Waals surface area contributed by atoms with Gasteiger partial charge < -0.3 is 11.5 Å². The highest BCUT2D eigenvalue weighted by Gasteiger charge is 2.18. The molecule has 13 heavy (non-hydrogen) atoms. The van der Waals surface area contributed by atoms with E-state index >= 15 is 0 Å². The molecule has 1 aromatic carbocycles. The largest absolute Gasteiger partial charge is 0.329 e. The molecule has 0 amide bonds. The van der Waals surface area contributed by atoms with Crippen molar-refractivity contribution in [2.75, 3.05) is 6.54 Å². The molecule has 1 rings (SSSR count). The average Bonchev–Trinajstić information content (AvgIpc) is 2.12. The van der Waals surface area contributed by atoms with E-state index in [1.54, 1.807) is 0 Å². The van der Waals surface area contributed by atoms with Crippen molar-refractivity contribution in [2.24, 2.45) is 11.5 Å². The van der Waals surface area contributed by atoms with Gasteiger partial charge in [-0.15, -0.1) is 0 Å². The molecule has 0 heterocycles. The molecule has 1 atom stereocenters. The number of hydrogen-bond acceptors (Lipinski definition) is 2. The zero-order chi connectivity index (χ0) is 10.0. The van der Waals surface area contributed by atoms with E-state index in [0.717, 1.165) is 6.07 Å². The van der Waals surface area contributed by atoms with Crippen molar-refractivity contribution in [3.05, 3.63) is 35.1 Å². The molecule has 0 radical (unpaired) electrons. The van der Waals surface area contributed by atoms with Crippen molar-refractivity contribution < 1.29 is 13.2 Å². The van der Waals surface area contributed by atoms with Crippen molar-refractivity contribution >= 4 is 0 Å². The lowest BCUT2D eigenvalue weighted by Gasteiger charge is -2.11. The van der Waals surface area contributed by atoms with E-state index in [9.17, 15) is 13.2 Å². The number of hydrogen-bond donors (Lipinski definition) is 2. The fourth-order valence-corrected chi connectivity index (χ4v) is 1.00. The van der Waals surface area contributed by atoms with Gasteiger partial charge in [0.2, 0.25) is 0 Å². The van der Waals surface area contributed by atoms with Gasteiger partial charge in [-0.2, -0.15) is 0 Å². The number of nitrogens with two attached hydrogens (primary N) is 2. The Hall–Kier alpha value is -1.07. The van der Waals surface area contributed by atoms with E-state index in [-0.39, 0.29) is 6.54 Å². The van der Waals surface area contributed by atoms with Gasteiger partial charge in [0.05, 0.1) is 0 Å². The molecule has 2 nitrogen and oxygen atoms in total. The first-order valence-corrected chi connectivity index (χ1v) is 3.67. The third-order valence-corrected chi connectivity index (χ3v) is 1.70. The highest BCUT2D eigenvalue weighted by atomic mass is 19.2. The minimum atomic E-state index is -1.27. The maximum atomic E-state index is 12.9. The van der Waals surface area contributed by atoms with Crippen molar-refractivity contribution in [3.63, 3.8) is 0 Å². The van der Waals surface area contributed by atoms with Gasteiger partial charge in [-0.1, -0.05) is 0 Å². The minimum Gasteiger partial charge on any atom is -0.329 e. The fourth-order valence-electron chi connectivity index (χ4n) is 1.00. The Bertz CT molecular complexity index is 315. The summed E-state index contributed by atoms with van der Waals surface area (Å²) in [6, 6.07) is 0.511. The molecular weight excluding hydrogens is 181 g/mol. The van der Waals surface area contributed by atoms with Crippen LogP contribution in [0.3, 0.4) is 0 Å². The summed E-state index contributed by atoms with van der Waals surface area (Å²) in [5.74, 6) is -3.27. The lowest BCUT2D eigenvalue weighted by Crippen LogP contribution is -2.23. The van der Waals surface area contributed by atoms with E-state index in [0.29, 0.717) is 6.07 Å². The third kappa shape index (κ3) is 1.81. The molecule has 0 bridgehead atoms. The Morgan fingerprint density at radius 1 is 1.15 bits per heavy atom. The SMILES string of the molecule is NCC(N)c1c(F)ccc(F)c1F. The topological polar surface area (TPSA) is 52.0 Å². The quantitative estimate of drug-likeness (QED) is 0.685. The van der Waals surface area contributed by atoms with Crippen LogP contribution in [0.2, 0.25) is 0 Å². The predicted octanol–water partition coefficient (Wildman–Crippen LogP) is 1.06. The molecule has 0 fully saturated rings. The van der Waals surface area contributed by atoms with Crippen molar-refractivity contribution in [3.8, 4) is 0 Å². The number of benzene rings is 1. The highest BCUT2D eigenvalue weighted by molar-refractivity contribution is 5.24. The Morgan fingerprint density at radius 2 is 1.69 bits per heavy atom.